The van der Waals surface area contributed by atoms with Crippen molar-refractivity contribution in [1.29, 1.82) is 0 Å². The predicted octanol–water partition coefficient (Wildman–Crippen LogP) is 2.33. The molecule has 0 saturated carbocycles. The van der Waals surface area contributed by atoms with Gasteiger partial charge in [-0.3, -0.25) is 4.79 Å². The predicted molar refractivity (Wildman–Crippen MR) is 108 cm³/mol. The van der Waals surface area contributed by atoms with Crippen LogP contribution in [-0.2, 0) is 27.9 Å². The molecule has 2 unspecified atom stereocenters. The number of carbonyl (C=O) groups excluding carboxylic acids is 1. The minimum absolute atomic E-state index is 0.242. The Balaban J connectivity index is 1.46. The molecule has 1 amide bonds. The summed E-state index contributed by atoms with van der Waals surface area (Å²) >= 11 is 0. The number of ether oxygens (including phenoxy) is 1. The van der Waals surface area contributed by atoms with Crippen LogP contribution in [0.25, 0.3) is 0 Å². The van der Waals surface area contributed by atoms with Crippen LogP contribution in [0.15, 0.2) is 35.4 Å². The first kappa shape index (κ1) is 20.1. The molecule has 0 spiro atoms. The number of hydrogen-bond donors (Lipinski definition) is 1. The summed E-state index contributed by atoms with van der Waals surface area (Å²) in [7, 11) is -3.54. The van der Waals surface area contributed by atoms with Crippen LogP contribution in [0, 0.1) is 11.8 Å². The van der Waals surface area contributed by atoms with Crippen molar-refractivity contribution in [2.45, 2.75) is 38.3 Å². The Hall–Kier alpha value is -2.23. The van der Waals surface area contributed by atoms with E-state index in [-0.39, 0.29) is 10.8 Å². The standard InChI is InChI=1S/C20H26N4O4S/c1-14-9-15(2)11-24(10-14)29(26,27)17-5-3-16(4-6-17)21-20(25)18-12-23-7-8-28-13-19(23)22-18/h3-6,12,14-15H,7-11,13H2,1-2H3,(H,21,25). The van der Waals surface area contributed by atoms with Crippen molar-refractivity contribution in [3.05, 3.63) is 42.0 Å². The number of imidazole rings is 1. The van der Waals surface area contributed by atoms with E-state index in [9.17, 15) is 13.2 Å². The quantitative estimate of drug-likeness (QED) is 0.823. The lowest BCUT2D eigenvalue weighted by Crippen LogP contribution is -2.42. The number of rotatable bonds is 4. The molecule has 1 N–H and O–H groups in total. The average Bonchev–Trinajstić information content (AvgIpc) is 3.12. The fourth-order valence-electron chi connectivity index (χ4n) is 4.06. The van der Waals surface area contributed by atoms with Gasteiger partial charge in [-0.1, -0.05) is 13.8 Å². The van der Waals surface area contributed by atoms with Gasteiger partial charge in [0.25, 0.3) is 5.91 Å². The molecule has 2 aliphatic rings. The van der Waals surface area contributed by atoms with Crippen LogP contribution >= 0.6 is 0 Å². The maximum atomic E-state index is 13.0. The number of nitrogens with zero attached hydrogens (tertiary/aromatic N) is 3. The van der Waals surface area contributed by atoms with Crippen molar-refractivity contribution >= 4 is 21.6 Å². The highest BCUT2D eigenvalue weighted by molar-refractivity contribution is 7.89. The highest BCUT2D eigenvalue weighted by Crippen LogP contribution is 2.27. The third-order valence-corrected chi connectivity index (χ3v) is 7.23. The Bertz CT molecular complexity index is 966. The first-order valence-electron chi connectivity index (χ1n) is 9.88. The van der Waals surface area contributed by atoms with Crippen LogP contribution in [0.3, 0.4) is 0 Å². The number of piperidine rings is 1. The molecule has 2 aliphatic heterocycles. The summed E-state index contributed by atoms with van der Waals surface area (Å²) in [5.41, 5.74) is 0.843. The number of nitrogens with one attached hydrogen (secondary N) is 1. The summed E-state index contributed by atoms with van der Waals surface area (Å²) < 4.78 is 34.7. The summed E-state index contributed by atoms with van der Waals surface area (Å²) in [4.78, 5) is 17.0. The fraction of sp³-hybridized carbons (Fsp3) is 0.500. The number of aromatic nitrogens is 2. The second kappa shape index (κ2) is 7.89. The van der Waals surface area contributed by atoms with Crippen molar-refractivity contribution in [1.82, 2.24) is 13.9 Å². The van der Waals surface area contributed by atoms with E-state index in [2.05, 4.69) is 24.1 Å². The minimum atomic E-state index is -3.54. The zero-order chi connectivity index (χ0) is 20.6. The molecule has 1 aromatic carbocycles. The van der Waals surface area contributed by atoms with Crippen molar-refractivity contribution in [2.75, 3.05) is 25.0 Å². The number of fused-ring (bicyclic) bond motifs is 1. The molecular weight excluding hydrogens is 392 g/mol. The molecule has 4 rings (SSSR count). The topological polar surface area (TPSA) is 93.5 Å². The number of benzene rings is 1. The Morgan fingerprint density at radius 3 is 2.52 bits per heavy atom. The molecule has 8 nitrogen and oxygen atoms in total. The summed E-state index contributed by atoms with van der Waals surface area (Å²) in [5.74, 6) is 1.09. The molecule has 0 aliphatic carbocycles. The molecule has 9 heteroatoms. The van der Waals surface area contributed by atoms with Gasteiger partial charge >= 0.3 is 0 Å². The van der Waals surface area contributed by atoms with Crippen LogP contribution in [-0.4, -0.2) is 47.9 Å². The summed E-state index contributed by atoms with van der Waals surface area (Å²) in [6.07, 6.45) is 2.76. The van der Waals surface area contributed by atoms with E-state index in [0.29, 0.717) is 56.1 Å². The largest absolute Gasteiger partial charge is 0.372 e. The van der Waals surface area contributed by atoms with E-state index in [1.165, 1.54) is 0 Å². The van der Waals surface area contributed by atoms with Gasteiger partial charge in [0.1, 0.15) is 18.1 Å². The lowest BCUT2D eigenvalue weighted by atomic mass is 9.94. The van der Waals surface area contributed by atoms with Gasteiger partial charge in [-0.05, 0) is 42.5 Å². The van der Waals surface area contributed by atoms with Crippen LogP contribution < -0.4 is 5.32 Å². The second-order valence-corrected chi connectivity index (χ2v) is 9.97. The maximum Gasteiger partial charge on any atom is 0.275 e. The molecular formula is C20H26N4O4S. The van der Waals surface area contributed by atoms with E-state index >= 15 is 0 Å². The number of hydrogen-bond acceptors (Lipinski definition) is 5. The van der Waals surface area contributed by atoms with Crippen LogP contribution in [0.4, 0.5) is 5.69 Å². The zero-order valence-corrected chi connectivity index (χ0v) is 17.5. The lowest BCUT2D eigenvalue weighted by molar-refractivity contribution is 0.0816. The van der Waals surface area contributed by atoms with Crippen LogP contribution in [0.5, 0.6) is 0 Å². The molecule has 2 aromatic rings. The molecule has 156 valence electrons. The normalized spacial score (nSPS) is 22.8. The van der Waals surface area contributed by atoms with E-state index in [4.69, 9.17) is 4.74 Å². The smallest absolute Gasteiger partial charge is 0.275 e. The number of amides is 1. The van der Waals surface area contributed by atoms with E-state index in [1.807, 2.05) is 4.57 Å². The Morgan fingerprint density at radius 1 is 1.17 bits per heavy atom. The highest BCUT2D eigenvalue weighted by atomic mass is 32.2. The van der Waals surface area contributed by atoms with Gasteiger partial charge in [0, 0.05) is 31.5 Å². The molecule has 1 aromatic heterocycles. The number of carbonyl (C=O) groups is 1. The average molecular weight is 419 g/mol. The Morgan fingerprint density at radius 2 is 1.86 bits per heavy atom. The van der Waals surface area contributed by atoms with Crippen LogP contribution in [0.1, 0.15) is 36.6 Å². The Kier molecular flexibility index (Phi) is 5.46. The molecule has 1 fully saturated rings. The summed E-state index contributed by atoms with van der Waals surface area (Å²) in [5, 5.41) is 2.78. The SMILES string of the molecule is CC1CC(C)CN(S(=O)(=O)c2ccc(NC(=O)c3cn4c(n3)COCC4)cc2)C1. The third-order valence-electron chi connectivity index (χ3n) is 5.38. The van der Waals surface area contributed by atoms with Crippen molar-refractivity contribution in [3.8, 4) is 0 Å². The van der Waals surface area contributed by atoms with Crippen molar-refractivity contribution in [2.24, 2.45) is 11.8 Å². The molecule has 2 atom stereocenters. The molecule has 3 heterocycles. The number of anilines is 1. The van der Waals surface area contributed by atoms with Gasteiger partial charge in [0.2, 0.25) is 10.0 Å². The molecule has 1 saturated heterocycles. The first-order valence-corrected chi connectivity index (χ1v) is 11.3. The molecule has 0 radical (unpaired) electrons. The van der Waals surface area contributed by atoms with E-state index in [1.54, 1.807) is 34.8 Å². The molecule has 29 heavy (non-hydrogen) atoms. The third kappa shape index (κ3) is 4.22. The monoisotopic (exact) mass is 418 g/mol. The molecule has 0 bridgehead atoms. The maximum absolute atomic E-state index is 13.0. The highest BCUT2D eigenvalue weighted by Gasteiger charge is 2.31. The second-order valence-electron chi connectivity index (χ2n) is 8.03. The van der Waals surface area contributed by atoms with Crippen molar-refractivity contribution < 1.29 is 17.9 Å². The van der Waals surface area contributed by atoms with E-state index < -0.39 is 10.0 Å². The van der Waals surface area contributed by atoms with Gasteiger partial charge in [-0.25, -0.2) is 13.4 Å². The van der Waals surface area contributed by atoms with E-state index in [0.717, 1.165) is 12.2 Å². The van der Waals surface area contributed by atoms with Gasteiger partial charge < -0.3 is 14.6 Å². The first-order chi connectivity index (χ1) is 13.8. The van der Waals surface area contributed by atoms with Crippen LogP contribution in [0.2, 0.25) is 0 Å². The van der Waals surface area contributed by atoms with Gasteiger partial charge in [0.15, 0.2) is 0 Å². The van der Waals surface area contributed by atoms with Gasteiger partial charge in [-0.15, -0.1) is 0 Å². The fourth-order valence-corrected chi connectivity index (χ4v) is 5.73. The van der Waals surface area contributed by atoms with Crippen molar-refractivity contribution in [3.63, 3.8) is 0 Å². The number of sulfonamides is 1. The summed E-state index contributed by atoms with van der Waals surface area (Å²) in [6.45, 7) is 6.92. The van der Waals surface area contributed by atoms with Gasteiger partial charge in [-0.2, -0.15) is 4.31 Å². The summed E-state index contributed by atoms with van der Waals surface area (Å²) in [6, 6.07) is 6.31. The zero-order valence-electron chi connectivity index (χ0n) is 16.7. The minimum Gasteiger partial charge on any atom is -0.372 e. The Labute approximate surface area is 170 Å². The lowest BCUT2D eigenvalue weighted by Gasteiger charge is -2.34. The van der Waals surface area contributed by atoms with Gasteiger partial charge in [0.05, 0.1) is 11.5 Å².